The molecule has 0 heterocycles. The Labute approximate surface area is 138 Å². The summed E-state index contributed by atoms with van der Waals surface area (Å²) in [5.41, 5.74) is 2.02. The highest BCUT2D eigenvalue weighted by Crippen LogP contribution is 2.15. The molecule has 0 atom stereocenters. The van der Waals surface area contributed by atoms with Crippen molar-refractivity contribution in [2.45, 2.75) is 12.8 Å². The summed E-state index contributed by atoms with van der Waals surface area (Å²) in [6, 6.07) is 14.1. The number of hydrogen-bond acceptors (Lipinski definition) is 1. The van der Waals surface area contributed by atoms with Crippen molar-refractivity contribution in [2.24, 2.45) is 0 Å². The number of nitrogens with one attached hydrogen (secondary N) is 2. The minimum absolute atomic E-state index is 0.205. The maximum Gasteiger partial charge on any atom is 0.314 e. The second kappa shape index (κ2) is 8.54. The number of rotatable bonds is 6. The van der Waals surface area contributed by atoms with Crippen molar-refractivity contribution < 1.29 is 9.18 Å². The van der Waals surface area contributed by atoms with Gasteiger partial charge in [0.1, 0.15) is 5.82 Å². The average Bonchev–Trinajstić information content (AvgIpc) is 2.49. The Balaban J connectivity index is 1.65. The fourth-order valence-corrected chi connectivity index (χ4v) is 2.57. The van der Waals surface area contributed by atoms with Crippen LogP contribution in [0.1, 0.15) is 11.1 Å². The molecule has 22 heavy (non-hydrogen) atoms. The van der Waals surface area contributed by atoms with Gasteiger partial charge in [0.15, 0.2) is 0 Å². The van der Waals surface area contributed by atoms with Crippen LogP contribution < -0.4 is 10.6 Å². The Morgan fingerprint density at radius 3 is 2.45 bits per heavy atom. The number of carbonyl (C=O) groups is 1. The molecule has 2 N–H and O–H groups in total. The van der Waals surface area contributed by atoms with Gasteiger partial charge in [-0.25, -0.2) is 9.18 Å². The molecule has 0 aliphatic rings. The van der Waals surface area contributed by atoms with Gasteiger partial charge in [0, 0.05) is 17.6 Å². The first-order valence-electron chi connectivity index (χ1n) is 7.15. The molecule has 3 nitrogen and oxygen atoms in total. The number of amides is 2. The van der Waals surface area contributed by atoms with Crippen LogP contribution in [0.2, 0.25) is 0 Å². The van der Waals surface area contributed by atoms with Gasteiger partial charge in [-0.1, -0.05) is 46.3 Å². The second-order valence-electron chi connectivity index (χ2n) is 4.90. The first kappa shape index (κ1) is 16.5. The van der Waals surface area contributed by atoms with Crippen molar-refractivity contribution in [3.8, 4) is 0 Å². The number of urea groups is 1. The molecule has 2 aromatic carbocycles. The van der Waals surface area contributed by atoms with Crippen LogP contribution in [-0.4, -0.2) is 19.1 Å². The van der Waals surface area contributed by atoms with Gasteiger partial charge in [-0.15, -0.1) is 0 Å². The number of halogens is 2. The highest BCUT2D eigenvalue weighted by molar-refractivity contribution is 9.10. The highest BCUT2D eigenvalue weighted by atomic mass is 79.9. The summed E-state index contributed by atoms with van der Waals surface area (Å²) < 4.78 is 14.1. The SMILES string of the molecule is O=C(NCCc1cccc(F)c1)NCCc1ccccc1Br. The lowest BCUT2D eigenvalue weighted by Gasteiger charge is -2.08. The van der Waals surface area contributed by atoms with Gasteiger partial charge in [-0.05, 0) is 42.2 Å². The van der Waals surface area contributed by atoms with Crippen LogP contribution in [0.3, 0.4) is 0 Å². The lowest BCUT2D eigenvalue weighted by Crippen LogP contribution is -2.37. The molecule has 0 saturated heterocycles. The number of hydrogen-bond donors (Lipinski definition) is 2. The summed E-state index contributed by atoms with van der Waals surface area (Å²) in [4.78, 5) is 11.7. The molecule has 0 fully saturated rings. The molecule has 0 aliphatic carbocycles. The first-order valence-corrected chi connectivity index (χ1v) is 7.94. The lowest BCUT2D eigenvalue weighted by molar-refractivity contribution is 0.241. The molecule has 0 bridgehead atoms. The molecule has 0 aliphatic heterocycles. The van der Waals surface area contributed by atoms with Crippen LogP contribution in [-0.2, 0) is 12.8 Å². The van der Waals surface area contributed by atoms with E-state index in [9.17, 15) is 9.18 Å². The minimum Gasteiger partial charge on any atom is -0.338 e. The number of carbonyl (C=O) groups excluding carboxylic acids is 1. The van der Waals surface area contributed by atoms with Crippen molar-refractivity contribution >= 4 is 22.0 Å². The summed E-state index contributed by atoms with van der Waals surface area (Å²) >= 11 is 3.48. The third kappa shape index (κ3) is 5.48. The zero-order valence-corrected chi connectivity index (χ0v) is 13.7. The van der Waals surface area contributed by atoms with E-state index in [2.05, 4.69) is 26.6 Å². The molecule has 2 amide bonds. The predicted molar refractivity (Wildman–Crippen MR) is 89.4 cm³/mol. The molecule has 0 aromatic heterocycles. The summed E-state index contributed by atoms with van der Waals surface area (Å²) in [7, 11) is 0. The van der Waals surface area contributed by atoms with Crippen molar-refractivity contribution in [1.82, 2.24) is 10.6 Å². The van der Waals surface area contributed by atoms with Gasteiger partial charge < -0.3 is 10.6 Å². The zero-order chi connectivity index (χ0) is 15.8. The van der Waals surface area contributed by atoms with E-state index in [1.807, 2.05) is 30.3 Å². The van der Waals surface area contributed by atoms with Gasteiger partial charge in [0.2, 0.25) is 0 Å². The summed E-state index contributed by atoms with van der Waals surface area (Å²) in [6.45, 7) is 1.04. The highest BCUT2D eigenvalue weighted by Gasteiger charge is 2.02. The average molecular weight is 365 g/mol. The van der Waals surface area contributed by atoms with Crippen molar-refractivity contribution in [1.29, 1.82) is 0 Å². The Bertz CT molecular complexity index is 634. The van der Waals surface area contributed by atoms with E-state index in [4.69, 9.17) is 0 Å². The zero-order valence-electron chi connectivity index (χ0n) is 12.1. The molecule has 2 aromatic rings. The van der Waals surface area contributed by atoms with Crippen LogP contribution in [0.15, 0.2) is 53.0 Å². The predicted octanol–water partition coefficient (Wildman–Crippen LogP) is 3.67. The van der Waals surface area contributed by atoms with E-state index in [1.54, 1.807) is 6.07 Å². The molecule has 5 heteroatoms. The Hall–Kier alpha value is -1.88. The van der Waals surface area contributed by atoms with Crippen molar-refractivity contribution in [3.05, 3.63) is 69.9 Å². The van der Waals surface area contributed by atoms with E-state index >= 15 is 0 Å². The Morgan fingerprint density at radius 1 is 1.00 bits per heavy atom. The summed E-state index contributed by atoms with van der Waals surface area (Å²) in [5, 5.41) is 5.58. The van der Waals surface area contributed by atoms with Gasteiger partial charge in [-0.2, -0.15) is 0 Å². The van der Waals surface area contributed by atoms with Crippen molar-refractivity contribution in [3.63, 3.8) is 0 Å². The van der Waals surface area contributed by atoms with Crippen LogP contribution >= 0.6 is 15.9 Å². The minimum atomic E-state index is -0.254. The third-order valence-corrected chi connectivity index (χ3v) is 4.00. The van der Waals surface area contributed by atoms with E-state index in [-0.39, 0.29) is 11.8 Å². The maximum absolute atomic E-state index is 13.0. The summed E-state index contributed by atoms with van der Waals surface area (Å²) in [5.74, 6) is -0.254. The van der Waals surface area contributed by atoms with Crippen LogP contribution in [0, 0.1) is 5.82 Å². The van der Waals surface area contributed by atoms with Gasteiger partial charge in [-0.3, -0.25) is 0 Å². The number of benzene rings is 2. The van der Waals surface area contributed by atoms with Crippen molar-refractivity contribution in [2.75, 3.05) is 13.1 Å². The van der Waals surface area contributed by atoms with Gasteiger partial charge >= 0.3 is 6.03 Å². The molecule has 0 unspecified atom stereocenters. The third-order valence-electron chi connectivity index (χ3n) is 3.23. The molecule has 0 saturated carbocycles. The largest absolute Gasteiger partial charge is 0.338 e. The Kier molecular flexibility index (Phi) is 6.40. The monoisotopic (exact) mass is 364 g/mol. The molecule has 2 rings (SSSR count). The Morgan fingerprint density at radius 2 is 1.73 bits per heavy atom. The van der Waals surface area contributed by atoms with E-state index < -0.39 is 0 Å². The van der Waals surface area contributed by atoms with Crippen LogP contribution in [0.25, 0.3) is 0 Å². The summed E-state index contributed by atoms with van der Waals surface area (Å²) in [6.07, 6.45) is 1.37. The molecule has 116 valence electrons. The maximum atomic E-state index is 13.0. The molecule has 0 radical (unpaired) electrons. The quantitative estimate of drug-likeness (QED) is 0.806. The smallest absolute Gasteiger partial charge is 0.314 e. The lowest BCUT2D eigenvalue weighted by atomic mass is 10.1. The van der Waals surface area contributed by atoms with Crippen LogP contribution in [0.5, 0.6) is 0 Å². The topological polar surface area (TPSA) is 41.1 Å². The standard InChI is InChI=1S/C17H18BrFN2O/c18-16-7-2-1-5-14(16)9-11-21-17(22)20-10-8-13-4-3-6-15(19)12-13/h1-7,12H,8-11H2,(H2,20,21,22). The van der Waals surface area contributed by atoms with E-state index in [0.717, 1.165) is 22.0 Å². The van der Waals surface area contributed by atoms with Gasteiger partial charge in [0.25, 0.3) is 0 Å². The normalized spacial score (nSPS) is 10.3. The van der Waals surface area contributed by atoms with Crippen LogP contribution in [0.4, 0.5) is 9.18 Å². The molecule has 0 spiro atoms. The second-order valence-corrected chi connectivity index (χ2v) is 5.76. The van der Waals surface area contributed by atoms with E-state index in [0.29, 0.717) is 19.5 Å². The van der Waals surface area contributed by atoms with E-state index in [1.165, 1.54) is 12.1 Å². The molecular weight excluding hydrogens is 347 g/mol. The first-order chi connectivity index (χ1) is 10.6. The fraction of sp³-hybridized carbons (Fsp3) is 0.235. The van der Waals surface area contributed by atoms with Gasteiger partial charge in [0.05, 0.1) is 0 Å². The molecular formula is C17H18BrFN2O. The fourth-order valence-electron chi connectivity index (χ4n) is 2.09.